The SMILES string of the molecule is CC(C)c1cc(C(C)C)c(S(=O)(=O)Oc2nc(NC(=O)C(C)(C)C)nc3c2ccn3[C@H]2C[C@H](OCc3ccccc3)[C@@](CF)(COCc3ccccc3)O2)c(C(C)C)c1. The molecule has 0 bridgehead atoms. The van der Waals surface area contributed by atoms with Gasteiger partial charge in [-0.3, -0.25) is 10.1 Å². The van der Waals surface area contributed by atoms with Gasteiger partial charge in [0, 0.05) is 18.0 Å². The van der Waals surface area contributed by atoms with E-state index in [1.165, 1.54) is 0 Å². The minimum Gasteiger partial charge on any atom is -0.374 e. The zero-order chi connectivity index (χ0) is 42.7. The molecule has 1 fully saturated rings. The molecule has 1 aliphatic rings. The van der Waals surface area contributed by atoms with Gasteiger partial charge in [0.05, 0.1) is 31.3 Å². The topological polar surface area (TPSA) is 131 Å². The Labute approximate surface area is 347 Å². The highest BCUT2D eigenvalue weighted by Crippen LogP contribution is 2.43. The van der Waals surface area contributed by atoms with Crippen LogP contribution in [-0.2, 0) is 42.3 Å². The van der Waals surface area contributed by atoms with Gasteiger partial charge in [-0.2, -0.15) is 18.4 Å². The molecular formula is C46H57FN4O7S. The minimum atomic E-state index is -4.51. The zero-order valence-corrected chi connectivity index (χ0v) is 36.3. The van der Waals surface area contributed by atoms with Crippen molar-refractivity contribution in [3.05, 3.63) is 113 Å². The molecule has 5 aromatic rings. The third-order valence-electron chi connectivity index (χ3n) is 10.6. The number of halogens is 1. The van der Waals surface area contributed by atoms with Crippen molar-refractivity contribution in [2.45, 2.75) is 123 Å². The van der Waals surface area contributed by atoms with Gasteiger partial charge in [0.25, 0.3) is 0 Å². The number of nitrogens with one attached hydrogen (secondary N) is 1. The van der Waals surface area contributed by atoms with Crippen molar-refractivity contribution in [1.82, 2.24) is 14.5 Å². The minimum absolute atomic E-state index is 0.0964. The Hall–Kier alpha value is -4.69. The van der Waals surface area contributed by atoms with Crippen molar-refractivity contribution in [2.75, 3.05) is 18.6 Å². The van der Waals surface area contributed by atoms with Crippen LogP contribution in [-0.4, -0.2) is 53.8 Å². The Kier molecular flexibility index (Phi) is 13.3. The first-order chi connectivity index (χ1) is 27.9. The molecule has 1 aliphatic heterocycles. The number of aromatic nitrogens is 3. The molecule has 11 nitrogen and oxygen atoms in total. The number of benzene rings is 3. The molecule has 3 atom stereocenters. The maximum atomic E-state index is 15.5. The maximum absolute atomic E-state index is 15.5. The van der Waals surface area contributed by atoms with Crippen molar-refractivity contribution < 1.29 is 36.0 Å². The number of carbonyl (C=O) groups excluding carboxylic acids is 1. The van der Waals surface area contributed by atoms with Crippen molar-refractivity contribution in [2.24, 2.45) is 5.41 Å². The highest BCUT2D eigenvalue weighted by Gasteiger charge is 2.51. The van der Waals surface area contributed by atoms with Crippen LogP contribution in [0.3, 0.4) is 0 Å². The first-order valence-electron chi connectivity index (χ1n) is 20.3. The van der Waals surface area contributed by atoms with Crippen LogP contribution in [0, 0.1) is 5.41 Å². The molecule has 0 saturated carbocycles. The van der Waals surface area contributed by atoms with E-state index < -0.39 is 46.0 Å². The largest absolute Gasteiger partial charge is 0.374 e. The summed E-state index contributed by atoms with van der Waals surface area (Å²) in [6.45, 7) is 16.6. The van der Waals surface area contributed by atoms with Crippen LogP contribution in [0.1, 0.15) is 121 Å². The Balaban J connectivity index is 1.42. The van der Waals surface area contributed by atoms with Crippen LogP contribution in [0.4, 0.5) is 10.3 Å². The molecule has 3 heterocycles. The second kappa shape index (κ2) is 17.9. The van der Waals surface area contributed by atoms with Gasteiger partial charge in [0.2, 0.25) is 17.7 Å². The van der Waals surface area contributed by atoms with E-state index in [1.54, 1.807) is 37.6 Å². The number of amides is 1. The van der Waals surface area contributed by atoms with E-state index in [-0.39, 0.29) is 71.8 Å². The summed E-state index contributed by atoms with van der Waals surface area (Å²) < 4.78 is 71.6. The quantitative estimate of drug-likeness (QED) is 0.0966. The van der Waals surface area contributed by atoms with E-state index in [4.69, 9.17) is 23.4 Å². The first kappa shape index (κ1) is 43.9. The molecule has 0 spiro atoms. The summed E-state index contributed by atoms with van der Waals surface area (Å²) in [7, 11) is -4.51. The number of anilines is 1. The summed E-state index contributed by atoms with van der Waals surface area (Å²) >= 11 is 0. The Morgan fingerprint density at radius 2 is 1.49 bits per heavy atom. The summed E-state index contributed by atoms with van der Waals surface area (Å²) in [6, 6.07) is 24.7. The molecule has 1 amide bonds. The van der Waals surface area contributed by atoms with Gasteiger partial charge in [-0.05, 0) is 51.6 Å². The predicted octanol–water partition coefficient (Wildman–Crippen LogP) is 9.98. The smallest absolute Gasteiger partial charge is 0.341 e. The van der Waals surface area contributed by atoms with E-state index in [0.717, 1.165) is 16.7 Å². The van der Waals surface area contributed by atoms with Crippen LogP contribution in [0.5, 0.6) is 5.88 Å². The molecule has 3 aromatic carbocycles. The average molecular weight is 829 g/mol. The molecule has 1 saturated heterocycles. The van der Waals surface area contributed by atoms with Gasteiger partial charge >= 0.3 is 10.1 Å². The van der Waals surface area contributed by atoms with Gasteiger partial charge in [0.1, 0.15) is 23.4 Å². The van der Waals surface area contributed by atoms with Crippen molar-refractivity contribution in [3.63, 3.8) is 0 Å². The van der Waals surface area contributed by atoms with E-state index in [9.17, 15) is 13.2 Å². The third-order valence-corrected chi connectivity index (χ3v) is 12.0. The molecule has 0 unspecified atom stereocenters. The van der Waals surface area contributed by atoms with E-state index >= 15 is 4.39 Å². The standard InChI is InChI=1S/C46H57FN4O7S/c1-29(2)34-22-36(30(3)4)40(37(23-34)31(5)6)59(53,54)58-42-35-20-21-51(41(35)48-44(49-42)50-43(52)45(7,8)9)39-24-38(56-26-33-18-14-11-15-19-33)46(27-47,57-39)28-55-25-32-16-12-10-13-17-32/h10-23,29-31,38-39H,24-28H2,1-9H3,(H,48,49,50,52)/t38-,39+,46+/m0/s1. The number of rotatable bonds is 16. The van der Waals surface area contributed by atoms with Crippen LogP contribution < -0.4 is 9.50 Å². The fourth-order valence-electron chi connectivity index (χ4n) is 7.12. The van der Waals surface area contributed by atoms with Crippen LogP contribution in [0.2, 0.25) is 0 Å². The molecule has 13 heteroatoms. The van der Waals surface area contributed by atoms with Crippen LogP contribution in [0.25, 0.3) is 11.0 Å². The molecule has 0 radical (unpaired) electrons. The monoisotopic (exact) mass is 828 g/mol. The lowest BCUT2D eigenvalue weighted by Crippen LogP contribution is -2.47. The first-order valence-corrected chi connectivity index (χ1v) is 21.7. The summed E-state index contributed by atoms with van der Waals surface area (Å²) in [4.78, 5) is 22.6. The lowest BCUT2D eigenvalue weighted by Gasteiger charge is -2.31. The molecular weight excluding hydrogens is 772 g/mol. The number of nitrogens with zero attached hydrogens (tertiary/aromatic N) is 3. The number of carbonyl (C=O) groups is 1. The highest BCUT2D eigenvalue weighted by molar-refractivity contribution is 7.87. The van der Waals surface area contributed by atoms with Crippen molar-refractivity contribution in [3.8, 4) is 5.88 Å². The average Bonchev–Trinajstić information content (AvgIpc) is 3.78. The Bertz CT molecular complexity index is 2310. The Morgan fingerprint density at radius 1 is 0.898 bits per heavy atom. The predicted molar refractivity (Wildman–Crippen MR) is 227 cm³/mol. The molecule has 6 rings (SSSR count). The van der Waals surface area contributed by atoms with Gasteiger partial charge < -0.3 is 23.0 Å². The van der Waals surface area contributed by atoms with Crippen LogP contribution in [0.15, 0.2) is 90.0 Å². The lowest BCUT2D eigenvalue weighted by atomic mass is 9.89. The number of hydrogen-bond donors (Lipinski definition) is 1. The van der Waals surface area contributed by atoms with Crippen molar-refractivity contribution in [1.29, 1.82) is 0 Å². The molecule has 59 heavy (non-hydrogen) atoms. The van der Waals surface area contributed by atoms with Gasteiger partial charge in [-0.1, -0.05) is 135 Å². The maximum Gasteiger partial charge on any atom is 0.341 e. The highest BCUT2D eigenvalue weighted by atomic mass is 32.2. The summed E-state index contributed by atoms with van der Waals surface area (Å²) in [5.74, 6) is -0.938. The summed E-state index contributed by atoms with van der Waals surface area (Å²) in [5, 5.41) is 3.00. The molecule has 1 N–H and O–H groups in total. The Morgan fingerprint density at radius 3 is 2.03 bits per heavy atom. The number of hydrogen-bond acceptors (Lipinski definition) is 9. The third kappa shape index (κ3) is 9.86. The number of ether oxygens (including phenoxy) is 3. The zero-order valence-electron chi connectivity index (χ0n) is 35.5. The summed E-state index contributed by atoms with van der Waals surface area (Å²) in [5.41, 5.74) is 2.04. The molecule has 0 aliphatic carbocycles. The van der Waals surface area contributed by atoms with Gasteiger partial charge in [-0.25, -0.2) is 4.39 Å². The fourth-order valence-corrected chi connectivity index (χ4v) is 8.71. The fraction of sp³-hybridized carbons (Fsp3) is 0.457. The summed E-state index contributed by atoms with van der Waals surface area (Å²) in [6.07, 6.45) is 0.290. The molecule has 2 aromatic heterocycles. The lowest BCUT2D eigenvalue weighted by molar-refractivity contribution is -0.163. The van der Waals surface area contributed by atoms with E-state index in [0.29, 0.717) is 11.1 Å². The molecule has 316 valence electrons. The number of fused-ring (bicyclic) bond motifs is 1. The normalized spacial score (nSPS) is 18.7. The van der Waals surface area contributed by atoms with Crippen LogP contribution >= 0.6 is 0 Å². The second-order valence-corrected chi connectivity index (χ2v) is 18.8. The van der Waals surface area contributed by atoms with E-state index in [2.05, 4.69) is 24.1 Å². The van der Waals surface area contributed by atoms with Gasteiger partial charge in [0.15, 0.2) is 5.65 Å². The van der Waals surface area contributed by atoms with Crippen molar-refractivity contribution >= 4 is 33.0 Å². The van der Waals surface area contributed by atoms with Gasteiger partial charge in [-0.15, -0.1) is 0 Å². The second-order valence-electron chi connectivity index (χ2n) is 17.3. The number of alkyl halides is 1. The van der Waals surface area contributed by atoms with E-state index in [1.807, 2.05) is 100 Å².